The third kappa shape index (κ3) is 3.22. The van der Waals surface area contributed by atoms with E-state index < -0.39 is 11.9 Å². The number of carbonyl (C=O) groups is 3. The van der Waals surface area contributed by atoms with E-state index in [4.69, 9.17) is 0 Å². The summed E-state index contributed by atoms with van der Waals surface area (Å²) in [5.74, 6) is 0.116. The normalized spacial score (nSPS) is 18.3. The molecule has 3 heterocycles. The molecule has 2 aliphatic rings. The Morgan fingerprint density at radius 1 is 1.10 bits per heavy atom. The minimum absolute atomic E-state index is 0.165. The van der Waals surface area contributed by atoms with Crippen LogP contribution in [0.2, 0.25) is 0 Å². The molecule has 1 unspecified atom stereocenters. The summed E-state index contributed by atoms with van der Waals surface area (Å²) >= 11 is 0. The number of nitrogens with zero attached hydrogens (tertiary/aromatic N) is 3. The summed E-state index contributed by atoms with van der Waals surface area (Å²) in [6.45, 7) is 2.43. The van der Waals surface area contributed by atoms with Crippen LogP contribution < -0.4 is 5.32 Å². The SMILES string of the molecule is CCc1ncc(-c2ccc3c(c2)CN(C2CCC(=O)NC2=O)C3=O)n1-c1ccccc1. The van der Waals surface area contributed by atoms with E-state index in [2.05, 4.69) is 21.8 Å². The van der Waals surface area contributed by atoms with Gasteiger partial charge in [0.25, 0.3) is 5.91 Å². The van der Waals surface area contributed by atoms with Crippen LogP contribution in [0.25, 0.3) is 16.9 Å². The van der Waals surface area contributed by atoms with E-state index in [0.717, 1.165) is 34.8 Å². The van der Waals surface area contributed by atoms with Crippen molar-refractivity contribution < 1.29 is 14.4 Å². The lowest BCUT2D eigenvalue weighted by atomic mass is 10.0. The molecule has 156 valence electrons. The number of hydrogen-bond donors (Lipinski definition) is 1. The summed E-state index contributed by atoms with van der Waals surface area (Å²) in [5, 5.41) is 2.34. The van der Waals surface area contributed by atoms with Gasteiger partial charge in [0.1, 0.15) is 11.9 Å². The third-order valence-corrected chi connectivity index (χ3v) is 5.98. The summed E-state index contributed by atoms with van der Waals surface area (Å²) in [4.78, 5) is 42.9. The number of rotatable bonds is 4. The number of hydrogen-bond acceptors (Lipinski definition) is 4. The summed E-state index contributed by atoms with van der Waals surface area (Å²) in [5.41, 5.74) is 4.44. The maximum Gasteiger partial charge on any atom is 0.255 e. The minimum Gasteiger partial charge on any atom is -0.322 e. The van der Waals surface area contributed by atoms with E-state index in [-0.39, 0.29) is 18.2 Å². The zero-order chi connectivity index (χ0) is 21.5. The second-order valence-corrected chi connectivity index (χ2v) is 7.86. The predicted molar refractivity (Wildman–Crippen MR) is 114 cm³/mol. The van der Waals surface area contributed by atoms with Gasteiger partial charge < -0.3 is 4.90 Å². The quantitative estimate of drug-likeness (QED) is 0.666. The number of carbonyl (C=O) groups excluding carboxylic acids is 3. The number of aromatic nitrogens is 2. The molecule has 7 heteroatoms. The summed E-state index contributed by atoms with van der Waals surface area (Å²) < 4.78 is 2.14. The maximum absolute atomic E-state index is 13.0. The lowest BCUT2D eigenvalue weighted by Gasteiger charge is -2.29. The molecule has 5 rings (SSSR count). The van der Waals surface area contributed by atoms with Crippen molar-refractivity contribution in [3.63, 3.8) is 0 Å². The van der Waals surface area contributed by atoms with Gasteiger partial charge in [-0.05, 0) is 36.2 Å². The van der Waals surface area contributed by atoms with Crippen LogP contribution in [0.5, 0.6) is 0 Å². The van der Waals surface area contributed by atoms with E-state index in [1.54, 1.807) is 4.90 Å². The Bertz CT molecular complexity index is 1200. The van der Waals surface area contributed by atoms with Crippen molar-refractivity contribution in [2.24, 2.45) is 0 Å². The van der Waals surface area contributed by atoms with E-state index in [9.17, 15) is 14.4 Å². The molecule has 31 heavy (non-hydrogen) atoms. The zero-order valence-electron chi connectivity index (χ0n) is 17.2. The van der Waals surface area contributed by atoms with Gasteiger partial charge in [-0.1, -0.05) is 31.2 Å². The van der Waals surface area contributed by atoms with Crippen LogP contribution in [-0.4, -0.2) is 38.2 Å². The first kappa shape index (κ1) is 19.2. The molecule has 3 amide bonds. The van der Waals surface area contributed by atoms with E-state index in [1.807, 2.05) is 54.7 Å². The molecule has 0 saturated carbocycles. The Labute approximate surface area is 179 Å². The first-order valence-electron chi connectivity index (χ1n) is 10.5. The number of benzene rings is 2. The Morgan fingerprint density at radius 2 is 1.90 bits per heavy atom. The monoisotopic (exact) mass is 414 g/mol. The number of amides is 3. The number of imidazole rings is 1. The Morgan fingerprint density at radius 3 is 2.65 bits per heavy atom. The molecule has 1 fully saturated rings. The predicted octanol–water partition coefficient (Wildman–Crippen LogP) is 2.86. The molecule has 0 spiro atoms. The molecule has 3 aromatic rings. The van der Waals surface area contributed by atoms with Crippen molar-refractivity contribution in [1.82, 2.24) is 19.8 Å². The van der Waals surface area contributed by atoms with Gasteiger partial charge in [0.05, 0.1) is 11.9 Å². The maximum atomic E-state index is 13.0. The van der Waals surface area contributed by atoms with Crippen molar-refractivity contribution in [2.45, 2.75) is 38.8 Å². The van der Waals surface area contributed by atoms with Crippen LogP contribution in [0.3, 0.4) is 0 Å². The topological polar surface area (TPSA) is 84.3 Å². The van der Waals surface area contributed by atoms with Gasteiger partial charge in [-0.2, -0.15) is 0 Å². The number of imide groups is 1. The molecular weight excluding hydrogens is 392 g/mol. The zero-order valence-corrected chi connectivity index (χ0v) is 17.2. The number of fused-ring (bicyclic) bond motifs is 1. The lowest BCUT2D eigenvalue weighted by Crippen LogP contribution is -2.52. The molecule has 1 aromatic heterocycles. The largest absolute Gasteiger partial charge is 0.322 e. The Kier molecular flexibility index (Phi) is 4.66. The summed E-state index contributed by atoms with van der Waals surface area (Å²) in [7, 11) is 0. The van der Waals surface area contributed by atoms with Gasteiger partial charge >= 0.3 is 0 Å². The molecule has 0 radical (unpaired) electrons. The van der Waals surface area contributed by atoms with E-state index >= 15 is 0 Å². The molecule has 2 aliphatic heterocycles. The molecule has 2 aromatic carbocycles. The second-order valence-electron chi connectivity index (χ2n) is 7.86. The molecule has 7 nitrogen and oxygen atoms in total. The molecule has 0 aliphatic carbocycles. The smallest absolute Gasteiger partial charge is 0.255 e. The van der Waals surface area contributed by atoms with Crippen molar-refractivity contribution in [3.8, 4) is 16.9 Å². The molecule has 1 atom stereocenters. The number of nitrogens with one attached hydrogen (secondary N) is 1. The van der Waals surface area contributed by atoms with E-state index in [1.165, 1.54) is 0 Å². The van der Waals surface area contributed by atoms with Crippen LogP contribution >= 0.6 is 0 Å². The number of aryl methyl sites for hydroxylation is 1. The van der Waals surface area contributed by atoms with Gasteiger partial charge in [0.2, 0.25) is 11.8 Å². The average Bonchev–Trinajstić information content (AvgIpc) is 3.35. The van der Waals surface area contributed by atoms with Gasteiger partial charge in [0, 0.05) is 36.2 Å². The Hall–Kier alpha value is -3.74. The van der Waals surface area contributed by atoms with Gasteiger partial charge in [-0.3, -0.25) is 24.3 Å². The van der Waals surface area contributed by atoms with Gasteiger partial charge in [-0.15, -0.1) is 0 Å². The molecular formula is C24H22N4O3. The molecule has 1 N–H and O–H groups in total. The second kappa shape index (κ2) is 7.50. The van der Waals surface area contributed by atoms with Crippen molar-refractivity contribution in [2.75, 3.05) is 0 Å². The fourth-order valence-corrected chi connectivity index (χ4v) is 4.44. The first-order valence-corrected chi connectivity index (χ1v) is 10.5. The Balaban J connectivity index is 1.50. The van der Waals surface area contributed by atoms with Crippen LogP contribution in [0, 0.1) is 0 Å². The van der Waals surface area contributed by atoms with Crippen LogP contribution in [0.1, 0.15) is 41.5 Å². The highest BCUT2D eigenvalue weighted by Crippen LogP contribution is 2.32. The lowest BCUT2D eigenvalue weighted by molar-refractivity contribution is -0.136. The third-order valence-electron chi connectivity index (χ3n) is 5.98. The van der Waals surface area contributed by atoms with Crippen LogP contribution in [0.4, 0.5) is 0 Å². The molecule has 0 bridgehead atoms. The van der Waals surface area contributed by atoms with Gasteiger partial charge in [-0.25, -0.2) is 4.98 Å². The van der Waals surface area contributed by atoms with Crippen molar-refractivity contribution in [1.29, 1.82) is 0 Å². The highest BCUT2D eigenvalue weighted by atomic mass is 16.2. The fraction of sp³-hybridized carbons (Fsp3) is 0.250. The molecule has 1 saturated heterocycles. The highest BCUT2D eigenvalue weighted by molar-refractivity contribution is 6.05. The van der Waals surface area contributed by atoms with Crippen molar-refractivity contribution in [3.05, 3.63) is 71.7 Å². The van der Waals surface area contributed by atoms with Crippen LogP contribution in [-0.2, 0) is 22.6 Å². The minimum atomic E-state index is -0.609. The van der Waals surface area contributed by atoms with Crippen molar-refractivity contribution >= 4 is 17.7 Å². The highest BCUT2D eigenvalue weighted by Gasteiger charge is 2.39. The van der Waals surface area contributed by atoms with Gasteiger partial charge in [0.15, 0.2) is 0 Å². The number of para-hydroxylation sites is 1. The van der Waals surface area contributed by atoms with Crippen LogP contribution in [0.15, 0.2) is 54.7 Å². The summed E-state index contributed by atoms with van der Waals surface area (Å²) in [6, 6.07) is 15.2. The standard InChI is InChI=1S/C24H22N4O3/c1-2-21-25-13-20(28(21)17-6-4-3-5-7-17)15-8-9-18-16(12-15)14-27(24(18)31)19-10-11-22(29)26-23(19)30/h3-9,12-13,19H,2,10-11,14H2,1H3,(H,26,29,30). The summed E-state index contributed by atoms with van der Waals surface area (Å²) in [6.07, 6.45) is 3.26. The number of piperidine rings is 1. The van der Waals surface area contributed by atoms with E-state index in [0.29, 0.717) is 18.5 Å². The fourth-order valence-electron chi connectivity index (χ4n) is 4.44. The average molecular weight is 414 g/mol. The first-order chi connectivity index (χ1) is 15.1.